The van der Waals surface area contributed by atoms with E-state index in [0.717, 1.165) is 18.5 Å². The molecule has 1 rings (SSSR count). The highest BCUT2D eigenvalue weighted by molar-refractivity contribution is 5.37. The van der Waals surface area contributed by atoms with Gasteiger partial charge >= 0.3 is 0 Å². The number of rotatable bonds is 3. The fourth-order valence-corrected chi connectivity index (χ4v) is 0.879. The first-order valence-electron chi connectivity index (χ1n) is 3.32. The molecule has 10 heavy (non-hydrogen) atoms. The van der Waals surface area contributed by atoms with Crippen LogP contribution in [0.25, 0.3) is 0 Å². The Bertz CT molecular complexity index is 187. The van der Waals surface area contributed by atoms with Crippen molar-refractivity contribution in [3.05, 3.63) is 24.4 Å². The molecule has 0 amide bonds. The van der Waals surface area contributed by atoms with Crippen LogP contribution in [0, 0.1) is 0 Å². The van der Waals surface area contributed by atoms with Gasteiger partial charge < -0.3 is 5.73 Å². The van der Waals surface area contributed by atoms with Crippen LogP contribution in [0.3, 0.4) is 0 Å². The first-order valence-corrected chi connectivity index (χ1v) is 3.32. The summed E-state index contributed by atoms with van der Waals surface area (Å²) in [5, 5.41) is 0. The summed E-state index contributed by atoms with van der Waals surface area (Å²) in [6.07, 6.45) is 5.55. The minimum Gasteiger partial charge on any atom is -0.320 e. The number of allylic oxidation sites excluding steroid dienone is 2. The summed E-state index contributed by atoms with van der Waals surface area (Å²) < 4.78 is 0. The minimum absolute atomic E-state index is 0.171. The Labute approximate surface area is 61.1 Å². The number of aliphatic imine (C=N–C) groups is 1. The van der Waals surface area contributed by atoms with Gasteiger partial charge in [0.05, 0.1) is 11.2 Å². The van der Waals surface area contributed by atoms with Crippen LogP contribution in [0.5, 0.6) is 0 Å². The van der Waals surface area contributed by atoms with Crippen LogP contribution in [0.4, 0.5) is 0 Å². The highest BCUT2D eigenvalue weighted by Gasteiger charge is 2.41. The molecule has 1 fully saturated rings. The van der Waals surface area contributed by atoms with Gasteiger partial charge in [0.25, 0.3) is 0 Å². The number of nitrogens with two attached hydrogens (primary N) is 1. The van der Waals surface area contributed by atoms with E-state index in [-0.39, 0.29) is 5.54 Å². The zero-order chi connectivity index (χ0) is 7.61. The second-order valence-electron chi connectivity index (χ2n) is 2.60. The van der Waals surface area contributed by atoms with Crippen LogP contribution in [0.1, 0.15) is 12.8 Å². The molecule has 2 nitrogen and oxygen atoms in total. The van der Waals surface area contributed by atoms with Crippen LogP contribution >= 0.6 is 0 Å². The number of hydrogen-bond acceptors (Lipinski definition) is 2. The molecule has 0 aromatic heterocycles. The fraction of sp³-hybridized carbons (Fsp3) is 0.375. The number of hydrogen-bond donors (Lipinski definition) is 1. The lowest BCUT2D eigenvalue weighted by Crippen LogP contribution is -2.23. The molecule has 0 unspecified atom stereocenters. The van der Waals surface area contributed by atoms with Crippen LogP contribution in [-0.2, 0) is 0 Å². The van der Waals surface area contributed by atoms with E-state index in [1.807, 2.05) is 6.08 Å². The van der Waals surface area contributed by atoms with E-state index >= 15 is 0 Å². The summed E-state index contributed by atoms with van der Waals surface area (Å²) >= 11 is 0. The first-order chi connectivity index (χ1) is 4.73. The van der Waals surface area contributed by atoms with Crippen molar-refractivity contribution in [2.45, 2.75) is 18.4 Å². The van der Waals surface area contributed by atoms with E-state index in [0.29, 0.717) is 0 Å². The molecule has 0 aromatic rings. The van der Waals surface area contributed by atoms with Crippen molar-refractivity contribution in [1.82, 2.24) is 0 Å². The Kier molecular flexibility index (Phi) is 1.72. The highest BCUT2D eigenvalue weighted by atomic mass is 14.9. The summed E-state index contributed by atoms with van der Waals surface area (Å²) in [5.41, 5.74) is 6.53. The average Bonchev–Trinajstić information content (AvgIpc) is 2.64. The molecule has 0 aliphatic heterocycles. The Morgan fingerprint density at radius 1 is 1.60 bits per heavy atom. The Hall–Kier alpha value is -0.890. The topological polar surface area (TPSA) is 38.4 Å². The van der Waals surface area contributed by atoms with Gasteiger partial charge in [-0.3, -0.25) is 4.99 Å². The highest BCUT2D eigenvalue weighted by Crippen LogP contribution is 2.39. The van der Waals surface area contributed by atoms with Crippen LogP contribution in [-0.4, -0.2) is 12.3 Å². The maximum atomic E-state index is 5.84. The molecule has 0 heterocycles. The van der Waals surface area contributed by atoms with Gasteiger partial charge in [0.2, 0.25) is 0 Å². The summed E-state index contributed by atoms with van der Waals surface area (Å²) in [6.45, 7) is 7.01. The quantitative estimate of drug-likeness (QED) is 0.460. The zero-order valence-electron chi connectivity index (χ0n) is 6.01. The molecule has 0 saturated heterocycles. The van der Waals surface area contributed by atoms with Gasteiger partial charge in [-0.2, -0.15) is 0 Å². The molecular weight excluding hydrogens is 124 g/mol. The third kappa shape index (κ3) is 1.16. The molecular formula is C8H12N2. The molecule has 1 aliphatic carbocycles. The molecule has 0 radical (unpaired) electrons. The van der Waals surface area contributed by atoms with Crippen LogP contribution < -0.4 is 5.73 Å². The maximum Gasteiger partial charge on any atom is 0.0594 e. The second-order valence-corrected chi connectivity index (χ2v) is 2.60. The molecule has 0 atom stereocenters. The van der Waals surface area contributed by atoms with E-state index in [1.54, 1.807) is 6.08 Å². The van der Waals surface area contributed by atoms with Crippen molar-refractivity contribution in [2.24, 2.45) is 10.7 Å². The summed E-state index contributed by atoms with van der Waals surface area (Å²) in [6, 6.07) is 0. The van der Waals surface area contributed by atoms with E-state index in [1.165, 1.54) is 0 Å². The van der Waals surface area contributed by atoms with E-state index in [9.17, 15) is 0 Å². The Morgan fingerprint density at radius 3 is 2.50 bits per heavy atom. The molecule has 0 spiro atoms. The molecule has 1 saturated carbocycles. The molecule has 0 bridgehead atoms. The smallest absolute Gasteiger partial charge is 0.0594 e. The molecule has 2 N–H and O–H groups in total. The normalized spacial score (nSPS) is 21.9. The predicted molar refractivity (Wildman–Crippen MR) is 44.0 cm³/mol. The first kappa shape index (κ1) is 7.22. The van der Waals surface area contributed by atoms with Crippen molar-refractivity contribution in [3.8, 4) is 0 Å². The summed E-state index contributed by atoms with van der Waals surface area (Å²) in [7, 11) is 0. The molecule has 2 heteroatoms. The Balaban J connectivity index is 2.74. The van der Waals surface area contributed by atoms with Crippen LogP contribution in [0.15, 0.2) is 29.4 Å². The average molecular weight is 136 g/mol. The van der Waals surface area contributed by atoms with Crippen LogP contribution in [0.2, 0.25) is 0 Å². The lowest BCUT2D eigenvalue weighted by molar-refractivity contribution is 0.784. The third-order valence-corrected chi connectivity index (χ3v) is 1.74. The summed E-state index contributed by atoms with van der Waals surface area (Å²) in [5.74, 6) is 0. The lowest BCUT2D eigenvalue weighted by atomic mass is 10.2. The van der Waals surface area contributed by atoms with Crippen molar-refractivity contribution >= 4 is 6.72 Å². The molecule has 1 aliphatic rings. The predicted octanol–water partition coefficient (Wildman–Crippen LogP) is 1.25. The number of nitrogens with zero attached hydrogens (tertiary/aromatic N) is 1. The van der Waals surface area contributed by atoms with Gasteiger partial charge in [-0.05, 0) is 25.6 Å². The van der Waals surface area contributed by atoms with Crippen molar-refractivity contribution in [1.29, 1.82) is 0 Å². The van der Waals surface area contributed by atoms with Gasteiger partial charge in [-0.15, -0.1) is 0 Å². The van der Waals surface area contributed by atoms with Crippen molar-refractivity contribution in [2.75, 3.05) is 0 Å². The lowest BCUT2D eigenvalue weighted by Gasteiger charge is -2.06. The molecule has 0 aromatic carbocycles. The Morgan fingerprint density at radius 2 is 2.20 bits per heavy atom. The minimum atomic E-state index is -0.171. The van der Waals surface area contributed by atoms with Crippen molar-refractivity contribution < 1.29 is 0 Å². The fourth-order valence-electron chi connectivity index (χ4n) is 0.879. The van der Waals surface area contributed by atoms with Gasteiger partial charge in [0, 0.05) is 0 Å². The molecule has 54 valence electrons. The largest absolute Gasteiger partial charge is 0.320 e. The van der Waals surface area contributed by atoms with E-state index in [4.69, 9.17) is 5.73 Å². The van der Waals surface area contributed by atoms with Gasteiger partial charge in [-0.25, -0.2) is 0 Å². The van der Waals surface area contributed by atoms with E-state index < -0.39 is 0 Å². The maximum absolute atomic E-state index is 5.84. The van der Waals surface area contributed by atoms with Gasteiger partial charge in [-0.1, -0.05) is 12.7 Å². The van der Waals surface area contributed by atoms with Crippen molar-refractivity contribution in [3.63, 3.8) is 0 Å². The zero-order valence-corrected chi connectivity index (χ0v) is 6.01. The third-order valence-electron chi connectivity index (χ3n) is 1.74. The second kappa shape index (κ2) is 2.39. The standard InChI is InChI=1S/C8H12N2/c1-3-4-7(10-2)8(9)5-6-8/h3-4H,1-2,5-6,9H2. The van der Waals surface area contributed by atoms with Gasteiger partial charge in [0.1, 0.15) is 0 Å². The summed E-state index contributed by atoms with van der Waals surface area (Å²) in [4.78, 5) is 3.83. The monoisotopic (exact) mass is 136 g/mol. The van der Waals surface area contributed by atoms with E-state index in [2.05, 4.69) is 18.3 Å². The SMILES string of the molecule is C=CC=C(N=C)C1(N)CC1. The van der Waals surface area contributed by atoms with Gasteiger partial charge in [0.15, 0.2) is 0 Å².